The van der Waals surface area contributed by atoms with Crippen molar-refractivity contribution in [2.75, 3.05) is 16.3 Å². The van der Waals surface area contributed by atoms with E-state index in [-0.39, 0.29) is 30.7 Å². The van der Waals surface area contributed by atoms with Crippen LogP contribution in [-0.2, 0) is 11.3 Å². The second-order valence-corrected chi connectivity index (χ2v) is 10.2. The molecule has 0 spiro atoms. The first kappa shape index (κ1) is 23.4. The van der Waals surface area contributed by atoms with Crippen molar-refractivity contribution in [3.8, 4) is 11.1 Å². The second-order valence-electron chi connectivity index (χ2n) is 10.2. The van der Waals surface area contributed by atoms with Gasteiger partial charge >= 0.3 is 0 Å². The molecule has 1 N–H and O–H groups in total. The van der Waals surface area contributed by atoms with Crippen molar-refractivity contribution in [1.29, 1.82) is 0 Å². The normalized spacial score (nSPS) is 20.4. The van der Waals surface area contributed by atoms with Gasteiger partial charge in [-0.05, 0) is 50.8 Å². The maximum absolute atomic E-state index is 13.4. The van der Waals surface area contributed by atoms with Crippen molar-refractivity contribution in [2.45, 2.75) is 71.1 Å². The Labute approximate surface area is 193 Å². The molecule has 1 amide bonds. The van der Waals surface area contributed by atoms with Gasteiger partial charge in [0.2, 0.25) is 11.8 Å². The fourth-order valence-corrected chi connectivity index (χ4v) is 4.95. The Balaban J connectivity index is 1.66. The van der Waals surface area contributed by atoms with Gasteiger partial charge in [0.1, 0.15) is 0 Å². The van der Waals surface area contributed by atoms with Crippen LogP contribution in [-0.4, -0.2) is 44.9 Å². The first-order chi connectivity index (χ1) is 15.3. The first-order valence-corrected chi connectivity index (χ1v) is 11.4. The molecule has 4 rings (SSSR count). The van der Waals surface area contributed by atoms with E-state index >= 15 is 0 Å². The van der Waals surface area contributed by atoms with Crippen LogP contribution in [0.3, 0.4) is 0 Å². The fraction of sp³-hybridized carbons (Fsp3) is 0.520. The number of alkyl halides is 2. The van der Waals surface area contributed by atoms with E-state index in [9.17, 15) is 18.7 Å². The average molecular weight is 459 g/mol. The molecule has 0 saturated heterocycles. The third-order valence-electron chi connectivity index (χ3n) is 6.35. The summed E-state index contributed by atoms with van der Waals surface area (Å²) in [6, 6.07) is 5.80. The van der Waals surface area contributed by atoms with Crippen molar-refractivity contribution in [3.63, 3.8) is 0 Å². The lowest BCUT2D eigenvalue weighted by Gasteiger charge is -2.44. The molecule has 1 saturated carbocycles. The van der Waals surface area contributed by atoms with Crippen LogP contribution in [0.4, 0.5) is 20.2 Å². The quantitative estimate of drug-likeness (QED) is 0.674. The lowest BCUT2D eigenvalue weighted by atomic mass is 9.78. The minimum Gasteiger partial charge on any atom is -0.389 e. The lowest BCUT2D eigenvalue weighted by Crippen LogP contribution is -2.49. The molecule has 33 heavy (non-hydrogen) atoms. The number of hydrogen-bond acceptors (Lipinski definition) is 4. The zero-order valence-electron chi connectivity index (χ0n) is 19.7. The molecule has 2 aromatic rings. The first-order valence-electron chi connectivity index (χ1n) is 11.4. The number of anilines is 2. The number of nitrogens with zero attached hydrogens (tertiary/aromatic N) is 4. The van der Waals surface area contributed by atoms with Crippen LogP contribution >= 0.6 is 0 Å². The Hall–Kier alpha value is -2.74. The summed E-state index contributed by atoms with van der Waals surface area (Å²) >= 11 is 0. The van der Waals surface area contributed by atoms with Crippen molar-refractivity contribution >= 4 is 17.3 Å². The van der Waals surface area contributed by atoms with E-state index in [1.807, 2.05) is 31.3 Å². The average Bonchev–Trinajstić information content (AvgIpc) is 3.11. The predicted octanol–water partition coefficient (Wildman–Crippen LogP) is 4.83. The van der Waals surface area contributed by atoms with E-state index < -0.39 is 11.5 Å². The zero-order valence-corrected chi connectivity index (χ0v) is 19.7. The molecule has 1 aromatic carbocycles. The van der Waals surface area contributed by atoms with E-state index in [0.717, 1.165) is 28.2 Å². The summed E-state index contributed by atoms with van der Waals surface area (Å²) in [6.45, 7) is 12.1. The van der Waals surface area contributed by atoms with Gasteiger partial charge in [0.25, 0.3) is 0 Å². The lowest BCUT2D eigenvalue weighted by molar-refractivity contribution is -0.117. The maximum atomic E-state index is 13.4. The molecular weight excluding hydrogens is 426 g/mol. The molecule has 1 atom stereocenters. The molecule has 1 aromatic heterocycles. The highest BCUT2D eigenvalue weighted by atomic mass is 19.3. The molecule has 1 aliphatic carbocycles. The van der Waals surface area contributed by atoms with Gasteiger partial charge in [-0.1, -0.05) is 12.6 Å². The monoisotopic (exact) mass is 458 g/mol. The highest BCUT2D eigenvalue weighted by Crippen LogP contribution is 2.47. The van der Waals surface area contributed by atoms with Crippen molar-refractivity contribution in [2.24, 2.45) is 5.92 Å². The summed E-state index contributed by atoms with van der Waals surface area (Å²) in [4.78, 5) is 16.3. The number of carbonyl (C=O) groups is 1. The summed E-state index contributed by atoms with van der Waals surface area (Å²) in [5.74, 6) is -2.67. The molecule has 178 valence electrons. The standard InChI is InChI=1S/C25H32F2N4O2/c1-16(8-19-10-25(26,27)11-19)30-13-17(2)31(18(3)32)22-7-6-20(9-23(22)30)21-12-28-29(14-21)15-24(4,5)33/h6-7,9,12,14,17,19,33H,1,8,10-11,13,15H2,2-5H3. The van der Waals surface area contributed by atoms with Crippen LogP contribution in [0, 0.1) is 5.92 Å². The number of benzene rings is 1. The number of allylic oxidation sites excluding steroid dienone is 1. The van der Waals surface area contributed by atoms with E-state index in [4.69, 9.17) is 0 Å². The van der Waals surface area contributed by atoms with Gasteiger partial charge < -0.3 is 14.9 Å². The smallest absolute Gasteiger partial charge is 0.248 e. The second kappa shape index (κ2) is 8.24. The minimum atomic E-state index is -2.56. The van der Waals surface area contributed by atoms with Gasteiger partial charge in [-0.25, -0.2) is 8.78 Å². The number of amides is 1. The zero-order chi connectivity index (χ0) is 24.1. The highest BCUT2D eigenvalue weighted by Gasteiger charge is 2.45. The molecule has 1 aliphatic heterocycles. The van der Waals surface area contributed by atoms with Crippen LogP contribution in [0.2, 0.25) is 0 Å². The number of halogens is 2. The van der Waals surface area contributed by atoms with Gasteiger partial charge in [-0.2, -0.15) is 5.10 Å². The predicted molar refractivity (Wildman–Crippen MR) is 125 cm³/mol. The molecule has 8 heteroatoms. The molecule has 2 aliphatic rings. The Morgan fingerprint density at radius 3 is 2.58 bits per heavy atom. The topological polar surface area (TPSA) is 61.6 Å². The van der Waals surface area contributed by atoms with Crippen LogP contribution in [0.5, 0.6) is 0 Å². The highest BCUT2D eigenvalue weighted by molar-refractivity contribution is 5.98. The Bertz CT molecular complexity index is 1060. The number of aromatic nitrogens is 2. The fourth-order valence-electron chi connectivity index (χ4n) is 4.95. The number of fused-ring (bicyclic) bond motifs is 1. The molecular formula is C25H32F2N4O2. The number of hydrogen-bond donors (Lipinski definition) is 1. The van der Waals surface area contributed by atoms with Crippen LogP contribution < -0.4 is 9.80 Å². The van der Waals surface area contributed by atoms with Gasteiger partial charge in [0.15, 0.2) is 0 Å². The summed E-state index contributed by atoms with van der Waals surface area (Å²) < 4.78 is 28.4. The van der Waals surface area contributed by atoms with E-state index in [0.29, 0.717) is 19.5 Å². The third-order valence-corrected chi connectivity index (χ3v) is 6.35. The number of rotatable bonds is 6. The Morgan fingerprint density at radius 1 is 1.27 bits per heavy atom. The Morgan fingerprint density at radius 2 is 1.97 bits per heavy atom. The summed E-state index contributed by atoms with van der Waals surface area (Å²) in [6.07, 6.45) is 3.95. The summed E-state index contributed by atoms with van der Waals surface area (Å²) in [5.41, 5.74) is 3.34. The van der Waals surface area contributed by atoms with Crippen molar-refractivity contribution in [1.82, 2.24) is 9.78 Å². The van der Waals surface area contributed by atoms with E-state index in [1.54, 1.807) is 36.5 Å². The van der Waals surface area contributed by atoms with Gasteiger partial charge in [-0.15, -0.1) is 0 Å². The van der Waals surface area contributed by atoms with Crippen LogP contribution in [0.1, 0.15) is 47.0 Å². The third kappa shape index (κ3) is 4.95. The Kier molecular flexibility index (Phi) is 5.85. The van der Waals surface area contributed by atoms with Crippen LogP contribution in [0.15, 0.2) is 42.9 Å². The van der Waals surface area contributed by atoms with Gasteiger partial charge in [0, 0.05) is 43.8 Å². The maximum Gasteiger partial charge on any atom is 0.248 e. The van der Waals surface area contributed by atoms with E-state index in [2.05, 4.69) is 16.6 Å². The number of carbonyl (C=O) groups excluding carboxylic acids is 1. The van der Waals surface area contributed by atoms with Gasteiger partial charge in [-0.3, -0.25) is 9.48 Å². The number of aliphatic hydroxyl groups is 1. The molecule has 1 fully saturated rings. The molecule has 1 unspecified atom stereocenters. The molecule has 0 bridgehead atoms. The summed E-state index contributed by atoms with van der Waals surface area (Å²) in [5, 5.41) is 14.4. The van der Waals surface area contributed by atoms with Gasteiger partial charge in [0.05, 0.1) is 35.8 Å². The molecule has 6 nitrogen and oxygen atoms in total. The largest absolute Gasteiger partial charge is 0.389 e. The minimum absolute atomic E-state index is 0.0432. The van der Waals surface area contributed by atoms with E-state index in [1.165, 1.54) is 0 Å². The van der Waals surface area contributed by atoms with Crippen LogP contribution in [0.25, 0.3) is 11.1 Å². The van der Waals surface area contributed by atoms with Crippen molar-refractivity contribution < 1.29 is 18.7 Å². The molecule has 0 radical (unpaired) electrons. The molecule has 2 heterocycles. The summed E-state index contributed by atoms with van der Waals surface area (Å²) in [7, 11) is 0. The van der Waals surface area contributed by atoms with Crippen molar-refractivity contribution in [3.05, 3.63) is 42.9 Å². The SMILES string of the molecule is C=C(CC1CC(F)(F)C1)N1CC(C)N(C(C)=O)c2ccc(-c3cnn(CC(C)(C)O)c3)cc21.